The van der Waals surface area contributed by atoms with E-state index in [1.165, 1.54) is 11.1 Å². The molecule has 1 saturated heterocycles. The van der Waals surface area contributed by atoms with Gasteiger partial charge in [0.2, 0.25) is 10.0 Å². The van der Waals surface area contributed by atoms with Crippen LogP contribution in [0, 0.1) is 5.92 Å². The van der Waals surface area contributed by atoms with Crippen molar-refractivity contribution in [2.24, 2.45) is 5.92 Å². The SMILES string of the molecule is O=S(=O)(c1ccc2c(c1)C1C=CCC1C(c1ccc(Cl)cc1Cl)N2)N1CCN(C(c2ccccc2)c2ccccc2)CC1. The van der Waals surface area contributed by atoms with Gasteiger partial charge in [0.25, 0.3) is 0 Å². The standard InChI is InChI=1S/C35H33Cl2N3O2S/c36-26-14-16-30(32(37)22-26)34-29-13-7-12-28(29)31-23-27(15-17-33(31)38-34)43(41,42)40-20-18-39(19-21-40)35(24-8-3-1-4-9-24)25-10-5-2-6-11-25/h1-12,14-17,22-23,28-29,34-35,38H,13,18-21H2. The highest BCUT2D eigenvalue weighted by Crippen LogP contribution is 2.51. The molecule has 0 spiro atoms. The van der Waals surface area contributed by atoms with Gasteiger partial charge in [0.1, 0.15) is 0 Å². The quantitative estimate of drug-likeness (QED) is 0.220. The summed E-state index contributed by atoms with van der Waals surface area (Å²) in [4.78, 5) is 2.75. The number of halogens is 2. The first-order valence-electron chi connectivity index (χ1n) is 14.8. The molecule has 1 N–H and O–H groups in total. The lowest BCUT2D eigenvalue weighted by Crippen LogP contribution is -2.49. The molecular weight excluding hydrogens is 597 g/mol. The van der Waals surface area contributed by atoms with Crippen LogP contribution in [0.2, 0.25) is 10.0 Å². The van der Waals surface area contributed by atoms with E-state index in [1.54, 1.807) is 16.4 Å². The van der Waals surface area contributed by atoms with Gasteiger partial charge in [0.15, 0.2) is 0 Å². The van der Waals surface area contributed by atoms with Crippen LogP contribution in [0.5, 0.6) is 0 Å². The highest BCUT2D eigenvalue weighted by atomic mass is 35.5. The summed E-state index contributed by atoms with van der Waals surface area (Å²) in [5, 5.41) is 4.92. The van der Waals surface area contributed by atoms with E-state index in [2.05, 4.69) is 70.9 Å². The number of piperazine rings is 1. The van der Waals surface area contributed by atoms with Crippen molar-refractivity contribution in [3.8, 4) is 0 Å². The van der Waals surface area contributed by atoms with E-state index >= 15 is 0 Å². The number of hydrogen-bond donors (Lipinski definition) is 1. The molecule has 43 heavy (non-hydrogen) atoms. The topological polar surface area (TPSA) is 52.7 Å². The highest BCUT2D eigenvalue weighted by molar-refractivity contribution is 7.89. The molecule has 220 valence electrons. The molecular formula is C35H33Cl2N3O2S. The van der Waals surface area contributed by atoms with E-state index in [0.717, 1.165) is 23.2 Å². The van der Waals surface area contributed by atoms with Gasteiger partial charge in [-0.1, -0.05) is 102 Å². The molecule has 0 bridgehead atoms. The normalized spacial score (nSPS) is 22.3. The van der Waals surface area contributed by atoms with Gasteiger partial charge in [-0.3, -0.25) is 4.90 Å². The highest BCUT2D eigenvalue weighted by Gasteiger charge is 2.40. The van der Waals surface area contributed by atoms with Gasteiger partial charge in [-0.15, -0.1) is 0 Å². The van der Waals surface area contributed by atoms with Crippen molar-refractivity contribution in [1.82, 2.24) is 9.21 Å². The van der Waals surface area contributed by atoms with E-state index in [1.807, 2.05) is 36.4 Å². The summed E-state index contributed by atoms with van der Waals surface area (Å²) >= 11 is 12.8. The predicted octanol–water partition coefficient (Wildman–Crippen LogP) is 7.92. The molecule has 5 nitrogen and oxygen atoms in total. The molecule has 0 amide bonds. The largest absolute Gasteiger partial charge is 0.378 e. The van der Waals surface area contributed by atoms with Crippen molar-refractivity contribution in [1.29, 1.82) is 0 Å². The Morgan fingerprint density at radius 1 is 0.767 bits per heavy atom. The third-order valence-electron chi connectivity index (χ3n) is 9.14. The van der Waals surface area contributed by atoms with Crippen molar-refractivity contribution in [3.05, 3.63) is 142 Å². The van der Waals surface area contributed by atoms with Gasteiger partial charge in [-0.05, 0) is 64.9 Å². The second-order valence-electron chi connectivity index (χ2n) is 11.6. The van der Waals surface area contributed by atoms with Crippen LogP contribution in [0.3, 0.4) is 0 Å². The zero-order valence-corrected chi connectivity index (χ0v) is 25.9. The van der Waals surface area contributed by atoms with Gasteiger partial charge in [0, 0.05) is 47.8 Å². The zero-order chi connectivity index (χ0) is 29.6. The Hall–Kier alpha value is -3.13. The summed E-state index contributed by atoms with van der Waals surface area (Å²) in [7, 11) is -3.66. The lowest BCUT2D eigenvalue weighted by Gasteiger charge is -2.40. The average Bonchev–Trinajstić information content (AvgIpc) is 3.53. The van der Waals surface area contributed by atoms with Gasteiger partial charge in [-0.25, -0.2) is 8.42 Å². The van der Waals surface area contributed by atoms with Crippen LogP contribution in [0.25, 0.3) is 0 Å². The molecule has 1 aliphatic carbocycles. The molecule has 4 aromatic rings. The Bertz CT molecular complexity index is 1720. The monoisotopic (exact) mass is 629 g/mol. The molecule has 2 heterocycles. The van der Waals surface area contributed by atoms with Crippen LogP contribution in [0.4, 0.5) is 5.69 Å². The number of anilines is 1. The molecule has 4 aromatic carbocycles. The zero-order valence-electron chi connectivity index (χ0n) is 23.6. The fourth-order valence-electron chi connectivity index (χ4n) is 7.03. The van der Waals surface area contributed by atoms with E-state index in [-0.39, 0.29) is 23.9 Å². The molecule has 8 heteroatoms. The summed E-state index contributed by atoms with van der Waals surface area (Å²) < 4.78 is 29.6. The van der Waals surface area contributed by atoms with E-state index in [4.69, 9.17) is 23.2 Å². The molecule has 3 aliphatic rings. The number of nitrogens with one attached hydrogen (secondary N) is 1. The molecule has 0 radical (unpaired) electrons. The predicted molar refractivity (Wildman–Crippen MR) is 174 cm³/mol. The molecule has 7 rings (SSSR count). The summed E-state index contributed by atoms with van der Waals surface area (Å²) in [5.41, 5.74) is 5.40. The first kappa shape index (κ1) is 28.6. The van der Waals surface area contributed by atoms with Gasteiger partial charge in [0.05, 0.1) is 17.0 Å². The smallest absolute Gasteiger partial charge is 0.243 e. The third kappa shape index (κ3) is 5.41. The first-order valence-corrected chi connectivity index (χ1v) is 17.0. The van der Waals surface area contributed by atoms with Gasteiger partial charge < -0.3 is 5.32 Å². The fourth-order valence-corrected chi connectivity index (χ4v) is 9.01. The van der Waals surface area contributed by atoms with Gasteiger partial charge >= 0.3 is 0 Å². The maximum atomic E-state index is 14.0. The van der Waals surface area contributed by atoms with Crippen LogP contribution in [0.15, 0.2) is 114 Å². The van der Waals surface area contributed by atoms with Crippen molar-refractivity contribution in [2.45, 2.75) is 29.3 Å². The molecule has 2 aliphatic heterocycles. The molecule has 1 fully saturated rings. The minimum absolute atomic E-state index is 0.00924. The van der Waals surface area contributed by atoms with Crippen LogP contribution in [-0.4, -0.2) is 43.8 Å². The molecule has 0 saturated carbocycles. The van der Waals surface area contributed by atoms with Crippen LogP contribution in [-0.2, 0) is 10.0 Å². The van der Waals surface area contributed by atoms with Gasteiger partial charge in [-0.2, -0.15) is 4.31 Å². The summed E-state index contributed by atoms with van der Waals surface area (Å²) in [5.74, 6) is 0.345. The van der Waals surface area contributed by atoms with E-state index < -0.39 is 10.0 Å². The van der Waals surface area contributed by atoms with Crippen LogP contribution >= 0.6 is 23.2 Å². The second kappa shape index (κ2) is 11.8. The van der Waals surface area contributed by atoms with Crippen molar-refractivity contribution < 1.29 is 8.42 Å². The van der Waals surface area contributed by atoms with Crippen LogP contribution in [0.1, 0.15) is 46.7 Å². The first-order chi connectivity index (χ1) is 20.9. The Labute approximate surface area is 263 Å². The Morgan fingerprint density at radius 2 is 1.44 bits per heavy atom. The number of sulfonamides is 1. The van der Waals surface area contributed by atoms with E-state index in [9.17, 15) is 8.42 Å². The number of nitrogens with zero attached hydrogens (tertiary/aromatic N) is 2. The fraction of sp³-hybridized carbons (Fsp3) is 0.257. The molecule has 3 atom stereocenters. The molecule has 3 unspecified atom stereocenters. The lowest BCUT2D eigenvalue weighted by atomic mass is 9.77. The minimum Gasteiger partial charge on any atom is -0.378 e. The van der Waals surface area contributed by atoms with Crippen molar-refractivity contribution in [3.63, 3.8) is 0 Å². The third-order valence-corrected chi connectivity index (χ3v) is 11.6. The lowest BCUT2D eigenvalue weighted by molar-refractivity contribution is 0.156. The number of rotatable bonds is 6. The summed E-state index contributed by atoms with van der Waals surface area (Å²) in [6.45, 7) is 2.18. The minimum atomic E-state index is -3.66. The number of fused-ring (bicyclic) bond motifs is 3. The van der Waals surface area contributed by atoms with Crippen molar-refractivity contribution >= 4 is 38.9 Å². The summed E-state index contributed by atoms with van der Waals surface area (Å²) in [6, 6.07) is 32.2. The van der Waals surface area contributed by atoms with Crippen LogP contribution < -0.4 is 5.32 Å². The number of benzene rings is 4. The maximum absolute atomic E-state index is 14.0. The second-order valence-corrected chi connectivity index (χ2v) is 14.3. The maximum Gasteiger partial charge on any atom is 0.243 e. The Morgan fingerprint density at radius 3 is 2.09 bits per heavy atom. The number of hydrogen-bond acceptors (Lipinski definition) is 4. The number of allylic oxidation sites excluding steroid dienone is 2. The van der Waals surface area contributed by atoms with Crippen molar-refractivity contribution in [2.75, 3.05) is 31.5 Å². The Balaban J connectivity index is 1.12. The molecule has 0 aromatic heterocycles. The van der Waals surface area contributed by atoms with E-state index in [0.29, 0.717) is 41.1 Å². The average molecular weight is 631 g/mol. The Kier molecular flexibility index (Phi) is 7.83. The summed E-state index contributed by atoms with van der Waals surface area (Å²) in [6.07, 6.45) is 5.30.